The average Bonchev–Trinajstić information content (AvgIpc) is 3.65. The number of nitrogens with zero attached hydrogens (tertiary/aromatic N) is 7. The Labute approximate surface area is 349 Å². The number of anilines is 2. The number of methoxy groups -OCH3 is 1. The molecule has 15 nitrogen and oxygen atoms in total. The van der Waals surface area contributed by atoms with E-state index in [-0.39, 0.29) is 29.9 Å². The van der Waals surface area contributed by atoms with Crippen LogP contribution < -0.4 is 24.6 Å². The summed E-state index contributed by atoms with van der Waals surface area (Å²) in [4.78, 5) is 56.0. The molecule has 15 heteroatoms. The lowest BCUT2D eigenvalue weighted by molar-refractivity contribution is -0.137. The van der Waals surface area contributed by atoms with Gasteiger partial charge in [-0.25, -0.2) is 9.97 Å². The maximum Gasteiger partial charge on any atom is 0.255 e. The molecule has 4 aromatic rings. The van der Waals surface area contributed by atoms with Crippen molar-refractivity contribution >= 4 is 40.1 Å². The van der Waals surface area contributed by atoms with Crippen LogP contribution in [-0.4, -0.2) is 124 Å². The third kappa shape index (κ3) is 6.73. The molecule has 314 valence electrons. The van der Waals surface area contributed by atoms with Gasteiger partial charge >= 0.3 is 0 Å². The number of ether oxygens (including phenoxy) is 3. The van der Waals surface area contributed by atoms with Crippen molar-refractivity contribution in [3.8, 4) is 22.9 Å². The summed E-state index contributed by atoms with van der Waals surface area (Å²) in [5.74, 6) is 1.65. The Morgan fingerprint density at radius 1 is 0.867 bits per heavy atom. The zero-order valence-electron chi connectivity index (χ0n) is 34.5. The average molecular weight is 816 g/mol. The van der Waals surface area contributed by atoms with Gasteiger partial charge in [0.1, 0.15) is 41.0 Å². The molecule has 7 heterocycles. The highest BCUT2D eigenvalue weighted by Crippen LogP contribution is 2.48. The summed E-state index contributed by atoms with van der Waals surface area (Å²) in [6.45, 7) is 8.44. The molecule has 1 atom stereocenters. The van der Waals surface area contributed by atoms with Crippen LogP contribution in [0.5, 0.6) is 11.5 Å². The second kappa shape index (κ2) is 14.4. The zero-order valence-corrected chi connectivity index (χ0v) is 34.5. The first-order chi connectivity index (χ1) is 29.1. The van der Waals surface area contributed by atoms with Crippen LogP contribution in [0.4, 0.5) is 11.5 Å². The van der Waals surface area contributed by atoms with E-state index >= 15 is 0 Å². The molecule has 1 unspecified atom stereocenters. The Hall–Kier alpha value is -5.28. The Kier molecular flexibility index (Phi) is 9.07. The number of H-pyrrole nitrogens is 1. The van der Waals surface area contributed by atoms with Crippen molar-refractivity contribution in [2.24, 2.45) is 5.41 Å². The first kappa shape index (κ1) is 37.7. The van der Waals surface area contributed by atoms with Crippen LogP contribution in [0.25, 0.3) is 22.3 Å². The number of carbonyl (C=O) groups is 3. The van der Waals surface area contributed by atoms with Gasteiger partial charge in [-0.15, -0.1) is 0 Å². The van der Waals surface area contributed by atoms with Crippen molar-refractivity contribution in [1.29, 1.82) is 0 Å². The molecule has 2 aliphatic carbocycles. The van der Waals surface area contributed by atoms with E-state index in [0.29, 0.717) is 36.1 Å². The van der Waals surface area contributed by atoms with Crippen molar-refractivity contribution in [2.45, 2.75) is 108 Å². The molecule has 1 spiro atoms. The van der Waals surface area contributed by atoms with Gasteiger partial charge in [0.05, 0.1) is 42.8 Å². The normalized spacial score (nSPS) is 26.2. The maximum atomic E-state index is 13.4. The lowest BCUT2D eigenvalue weighted by Gasteiger charge is -2.59. The second-order valence-corrected chi connectivity index (χ2v) is 18.6. The lowest BCUT2D eigenvalue weighted by Crippen LogP contribution is -2.65. The van der Waals surface area contributed by atoms with Gasteiger partial charge in [0.25, 0.3) is 5.91 Å². The Balaban J connectivity index is 0.637. The number of aromatic amines is 1. The summed E-state index contributed by atoms with van der Waals surface area (Å²) in [7, 11) is 1.66. The van der Waals surface area contributed by atoms with Crippen LogP contribution in [0.15, 0.2) is 42.7 Å². The summed E-state index contributed by atoms with van der Waals surface area (Å²) < 4.78 is 18.9. The van der Waals surface area contributed by atoms with Crippen molar-refractivity contribution in [3.05, 3.63) is 53.9 Å². The van der Waals surface area contributed by atoms with Crippen LogP contribution in [0, 0.1) is 5.41 Å². The first-order valence-electron chi connectivity index (χ1n) is 21.9. The molecule has 3 amide bonds. The topological polar surface area (TPSA) is 158 Å². The molecule has 7 aliphatic rings. The fourth-order valence-electron chi connectivity index (χ4n) is 10.6. The van der Waals surface area contributed by atoms with Gasteiger partial charge in [-0.2, -0.15) is 5.10 Å². The minimum absolute atomic E-state index is 0.0445. The third-order valence-electron chi connectivity index (χ3n) is 14.6. The first-order valence-corrected chi connectivity index (χ1v) is 21.9. The van der Waals surface area contributed by atoms with E-state index in [1.807, 2.05) is 24.3 Å². The molecule has 2 aromatic carbocycles. The van der Waals surface area contributed by atoms with Gasteiger partial charge < -0.3 is 28.9 Å². The molecule has 11 rings (SSSR count). The van der Waals surface area contributed by atoms with Crippen LogP contribution in [0.2, 0.25) is 0 Å². The fourth-order valence-corrected chi connectivity index (χ4v) is 10.6. The Morgan fingerprint density at radius 3 is 2.42 bits per heavy atom. The van der Waals surface area contributed by atoms with E-state index in [2.05, 4.69) is 59.2 Å². The number of nitrogens with one attached hydrogen (secondary N) is 2. The summed E-state index contributed by atoms with van der Waals surface area (Å²) in [6.07, 6.45) is 11.5. The highest BCUT2D eigenvalue weighted by Gasteiger charge is 2.50. The third-order valence-corrected chi connectivity index (χ3v) is 14.6. The number of carbonyl (C=O) groups excluding carboxylic acids is 3. The standard InChI is InChI=1S/C45H53N9O6/c1-44(11-12-44)60-29-3-5-34-32(21-29)40(50-49-34)35-22-38(47-26-46-35)52-15-9-28(10-16-52)59-30-19-27(20-30)53-24-45(25-53)13-17-51(18-14-45)36-6-4-31-33(41(36)58-2)23-54(43(31)57)37-7-8-39(55)48-42(37)56/h3-6,21-22,26-28,30,37H,7-20,23-25H2,1-2H3,(H,49,50)(H,48,55,56). The van der Waals surface area contributed by atoms with E-state index in [0.717, 1.165) is 141 Å². The van der Waals surface area contributed by atoms with E-state index in [4.69, 9.17) is 14.2 Å². The number of benzene rings is 2. The second-order valence-electron chi connectivity index (χ2n) is 18.6. The summed E-state index contributed by atoms with van der Waals surface area (Å²) in [6, 6.07) is 12.0. The van der Waals surface area contributed by atoms with Crippen LogP contribution in [0.1, 0.15) is 87.1 Å². The van der Waals surface area contributed by atoms with E-state index in [9.17, 15) is 14.4 Å². The van der Waals surface area contributed by atoms with Crippen LogP contribution in [-0.2, 0) is 20.9 Å². The molecule has 5 aliphatic heterocycles. The van der Waals surface area contributed by atoms with Crippen molar-refractivity contribution < 1.29 is 28.6 Å². The molecular formula is C45H53N9O6. The molecule has 4 saturated heterocycles. The van der Waals surface area contributed by atoms with Gasteiger partial charge in [-0.05, 0) is 100 Å². The smallest absolute Gasteiger partial charge is 0.255 e. The largest absolute Gasteiger partial charge is 0.494 e. The molecule has 0 bridgehead atoms. The monoisotopic (exact) mass is 815 g/mol. The number of amides is 3. The van der Waals surface area contributed by atoms with E-state index in [1.165, 1.54) is 0 Å². The summed E-state index contributed by atoms with van der Waals surface area (Å²) >= 11 is 0. The molecular weight excluding hydrogens is 763 g/mol. The molecule has 2 N–H and O–H groups in total. The molecule has 2 aromatic heterocycles. The van der Waals surface area contributed by atoms with Gasteiger partial charge in [-0.1, -0.05) is 0 Å². The summed E-state index contributed by atoms with van der Waals surface area (Å²) in [5.41, 5.74) is 5.31. The highest BCUT2D eigenvalue weighted by molar-refractivity contribution is 6.06. The number of fused-ring (bicyclic) bond motifs is 2. The quantitative estimate of drug-likeness (QED) is 0.210. The molecule has 6 fully saturated rings. The molecule has 2 saturated carbocycles. The van der Waals surface area contributed by atoms with Crippen molar-refractivity contribution in [1.82, 2.24) is 35.3 Å². The lowest BCUT2D eigenvalue weighted by atomic mass is 9.69. The number of rotatable bonds is 10. The van der Waals surface area contributed by atoms with Gasteiger partial charge in [0.2, 0.25) is 11.8 Å². The Bertz CT molecular complexity index is 2350. The van der Waals surface area contributed by atoms with E-state index in [1.54, 1.807) is 18.3 Å². The van der Waals surface area contributed by atoms with Crippen LogP contribution in [0.3, 0.4) is 0 Å². The van der Waals surface area contributed by atoms with E-state index < -0.39 is 11.9 Å². The molecule has 0 radical (unpaired) electrons. The number of imide groups is 1. The highest BCUT2D eigenvalue weighted by atomic mass is 16.5. The number of likely N-dealkylation sites (tertiary alicyclic amines) is 1. The number of piperidine rings is 3. The van der Waals surface area contributed by atoms with Gasteiger partial charge in [0.15, 0.2) is 0 Å². The molecule has 60 heavy (non-hydrogen) atoms. The van der Waals surface area contributed by atoms with Crippen molar-refractivity contribution in [2.75, 3.05) is 56.2 Å². The van der Waals surface area contributed by atoms with Crippen molar-refractivity contribution in [3.63, 3.8) is 0 Å². The minimum atomic E-state index is -0.643. The SMILES string of the molecule is COc1c(N2CCC3(CC2)CN(C2CC(OC4CCN(c5cc(-c6n[nH]c7ccc(OC8(C)CC8)cc67)ncn5)CC4)C2)C3)ccc2c1CN(C1CCC(=O)NC1=O)C2=O. The van der Waals surface area contributed by atoms with Crippen LogP contribution >= 0.6 is 0 Å². The van der Waals surface area contributed by atoms with Gasteiger partial charge in [0, 0.05) is 74.3 Å². The van der Waals surface area contributed by atoms with Gasteiger partial charge in [-0.3, -0.25) is 29.7 Å². The number of aromatic nitrogens is 4. The maximum absolute atomic E-state index is 13.4. The predicted octanol–water partition coefficient (Wildman–Crippen LogP) is 4.84. The number of hydrogen-bond acceptors (Lipinski definition) is 12. The zero-order chi connectivity index (χ0) is 40.8. The number of hydrogen-bond donors (Lipinski definition) is 2. The minimum Gasteiger partial charge on any atom is -0.494 e. The Morgan fingerprint density at radius 2 is 1.67 bits per heavy atom. The predicted molar refractivity (Wildman–Crippen MR) is 223 cm³/mol. The summed E-state index contributed by atoms with van der Waals surface area (Å²) in [5, 5.41) is 11.2. The fraction of sp³-hybridized carbons (Fsp3) is 0.556.